The summed E-state index contributed by atoms with van der Waals surface area (Å²) in [7, 11) is 1.37. The Kier molecular flexibility index (Phi) is 4.29. The number of nitrogens with zero attached hydrogens (tertiary/aromatic N) is 1. The van der Waals surface area contributed by atoms with Crippen molar-refractivity contribution in [2.75, 3.05) is 7.11 Å². The van der Waals surface area contributed by atoms with Crippen LogP contribution in [0.1, 0.15) is 16.6 Å². The largest absolute Gasteiger partial charge is 0.493 e. The van der Waals surface area contributed by atoms with Gasteiger partial charge in [-0.3, -0.25) is 4.79 Å². The molecule has 0 fully saturated rings. The van der Waals surface area contributed by atoms with E-state index >= 15 is 0 Å². The third-order valence-corrected chi connectivity index (χ3v) is 3.63. The molecule has 4 nitrogen and oxygen atoms in total. The van der Waals surface area contributed by atoms with Gasteiger partial charge in [0.1, 0.15) is 5.01 Å². The van der Waals surface area contributed by atoms with Gasteiger partial charge < -0.3 is 9.47 Å². The van der Waals surface area contributed by atoms with E-state index in [2.05, 4.69) is 9.72 Å². The number of rotatable bonds is 5. The van der Waals surface area contributed by atoms with Crippen molar-refractivity contribution in [2.45, 2.75) is 13.5 Å². The lowest BCUT2D eigenvalue weighted by Crippen LogP contribution is -2.03. The Labute approximate surface area is 118 Å². The van der Waals surface area contributed by atoms with E-state index in [0.717, 1.165) is 0 Å². The van der Waals surface area contributed by atoms with E-state index in [1.54, 1.807) is 6.07 Å². The van der Waals surface area contributed by atoms with E-state index in [0.29, 0.717) is 15.4 Å². The number of alkyl halides is 2. The predicted octanol–water partition coefficient (Wildman–Crippen LogP) is 3.62. The summed E-state index contributed by atoms with van der Waals surface area (Å²) in [6, 6.07) is 4.59. The summed E-state index contributed by atoms with van der Waals surface area (Å²) >= 11 is 1.19. The molecule has 0 spiro atoms. The first-order valence-corrected chi connectivity index (χ1v) is 6.43. The number of hydrogen-bond acceptors (Lipinski definition) is 5. The summed E-state index contributed by atoms with van der Waals surface area (Å²) in [5.74, 6) is 0.0447. The van der Waals surface area contributed by atoms with E-state index in [-0.39, 0.29) is 17.3 Å². The molecule has 0 atom stereocenters. The van der Waals surface area contributed by atoms with Crippen molar-refractivity contribution in [2.24, 2.45) is 0 Å². The molecule has 0 aliphatic heterocycles. The zero-order valence-electron chi connectivity index (χ0n) is 10.7. The molecule has 1 aromatic carbocycles. The number of thiazole rings is 1. The normalized spacial score (nSPS) is 10.7. The van der Waals surface area contributed by atoms with Crippen LogP contribution in [0.15, 0.2) is 24.4 Å². The molecular formula is C13H11F2NO3S. The minimum atomic E-state index is -2.94. The van der Waals surface area contributed by atoms with Gasteiger partial charge in [0.05, 0.1) is 12.0 Å². The van der Waals surface area contributed by atoms with Crippen molar-refractivity contribution in [1.29, 1.82) is 0 Å². The van der Waals surface area contributed by atoms with Gasteiger partial charge >= 0.3 is 6.61 Å². The number of methoxy groups -OCH3 is 1. The van der Waals surface area contributed by atoms with Crippen molar-refractivity contribution in [3.63, 3.8) is 0 Å². The lowest BCUT2D eigenvalue weighted by Gasteiger charge is -2.10. The highest BCUT2D eigenvalue weighted by Gasteiger charge is 2.14. The van der Waals surface area contributed by atoms with Gasteiger partial charge in [0, 0.05) is 18.7 Å². The van der Waals surface area contributed by atoms with Crippen molar-refractivity contribution >= 4 is 17.1 Å². The quantitative estimate of drug-likeness (QED) is 0.791. The van der Waals surface area contributed by atoms with Crippen molar-refractivity contribution in [3.05, 3.63) is 29.3 Å². The lowest BCUT2D eigenvalue weighted by atomic mass is 10.2. The summed E-state index contributed by atoms with van der Waals surface area (Å²) in [6.45, 7) is -1.50. The summed E-state index contributed by atoms with van der Waals surface area (Å²) in [6.07, 6.45) is 1.46. The highest BCUT2D eigenvalue weighted by atomic mass is 32.1. The molecule has 0 amide bonds. The van der Waals surface area contributed by atoms with E-state index in [4.69, 9.17) is 4.74 Å². The van der Waals surface area contributed by atoms with E-state index in [1.165, 1.54) is 43.7 Å². The average molecular weight is 299 g/mol. The van der Waals surface area contributed by atoms with Crippen LogP contribution in [0, 0.1) is 0 Å². The molecule has 1 heterocycles. The van der Waals surface area contributed by atoms with Gasteiger partial charge in [-0.15, -0.1) is 11.3 Å². The molecule has 0 unspecified atom stereocenters. The minimum absolute atomic E-state index is 0.0698. The number of aromatic nitrogens is 1. The Bertz CT molecular complexity index is 628. The standard InChI is InChI=1S/C13H11F2NO3S/c1-7(17)11-6-16-12(20-11)8-3-4-9(18-2)10(5-8)19-13(14)15/h3-6,13H,1-2H3. The first-order valence-electron chi connectivity index (χ1n) is 5.61. The molecule has 0 saturated heterocycles. The van der Waals surface area contributed by atoms with Crippen LogP contribution < -0.4 is 9.47 Å². The van der Waals surface area contributed by atoms with Gasteiger partial charge in [0.2, 0.25) is 0 Å². The molecule has 0 aliphatic rings. The number of ketones is 1. The van der Waals surface area contributed by atoms with E-state index < -0.39 is 6.61 Å². The molecule has 0 saturated carbocycles. The fourth-order valence-corrected chi connectivity index (χ4v) is 2.38. The Morgan fingerprint density at radius 2 is 2.10 bits per heavy atom. The second kappa shape index (κ2) is 5.96. The number of hydrogen-bond donors (Lipinski definition) is 0. The fourth-order valence-electron chi connectivity index (χ4n) is 1.57. The number of carbonyl (C=O) groups is 1. The number of benzene rings is 1. The second-order valence-corrected chi connectivity index (χ2v) is 4.86. The topological polar surface area (TPSA) is 48.4 Å². The van der Waals surface area contributed by atoms with Crippen LogP contribution in [-0.4, -0.2) is 24.5 Å². The second-order valence-electron chi connectivity index (χ2n) is 3.83. The van der Waals surface area contributed by atoms with Crippen LogP contribution in [0.5, 0.6) is 11.5 Å². The van der Waals surface area contributed by atoms with Crippen LogP contribution in [0.3, 0.4) is 0 Å². The van der Waals surface area contributed by atoms with Gasteiger partial charge in [-0.25, -0.2) is 4.98 Å². The monoisotopic (exact) mass is 299 g/mol. The third-order valence-electron chi connectivity index (χ3n) is 2.48. The lowest BCUT2D eigenvalue weighted by molar-refractivity contribution is -0.0511. The molecule has 7 heteroatoms. The fraction of sp³-hybridized carbons (Fsp3) is 0.231. The van der Waals surface area contributed by atoms with Crippen LogP contribution in [0.25, 0.3) is 10.6 Å². The van der Waals surface area contributed by atoms with Gasteiger partial charge in [0.25, 0.3) is 0 Å². The van der Waals surface area contributed by atoms with Gasteiger partial charge in [-0.1, -0.05) is 0 Å². The molecule has 2 aromatic rings. The maximum atomic E-state index is 12.3. The Morgan fingerprint density at radius 3 is 2.65 bits per heavy atom. The molecule has 0 bridgehead atoms. The Morgan fingerprint density at radius 1 is 1.35 bits per heavy atom. The molecule has 20 heavy (non-hydrogen) atoms. The summed E-state index contributed by atoms with van der Waals surface area (Å²) in [5.41, 5.74) is 0.582. The maximum Gasteiger partial charge on any atom is 0.387 e. The van der Waals surface area contributed by atoms with Gasteiger partial charge in [-0.05, 0) is 18.2 Å². The molecule has 0 N–H and O–H groups in total. The van der Waals surface area contributed by atoms with Gasteiger partial charge in [0.15, 0.2) is 17.3 Å². The number of carbonyl (C=O) groups excluding carboxylic acids is 1. The van der Waals surface area contributed by atoms with Crippen LogP contribution in [0.2, 0.25) is 0 Å². The first-order chi connectivity index (χ1) is 9.51. The van der Waals surface area contributed by atoms with Gasteiger partial charge in [-0.2, -0.15) is 8.78 Å². The smallest absolute Gasteiger partial charge is 0.387 e. The van der Waals surface area contributed by atoms with Crippen LogP contribution >= 0.6 is 11.3 Å². The van der Waals surface area contributed by atoms with Crippen LogP contribution in [0.4, 0.5) is 8.78 Å². The van der Waals surface area contributed by atoms with E-state index in [1.807, 2.05) is 0 Å². The zero-order chi connectivity index (χ0) is 14.7. The first kappa shape index (κ1) is 14.4. The third kappa shape index (κ3) is 3.11. The Balaban J connectivity index is 2.38. The number of halogens is 2. The highest BCUT2D eigenvalue weighted by Crippen LogP contribution is 2.35. The van der Waals surface area contributed by atoms with Crippen LogP contribution in [-0.2, 0) is 0 Å². The summed E-state index contributed by atoms with van der Waals surface area (Å²) in [4.78, 5) is 15.8. The average Bonchev–Trinajstić information content (AvgIpc) is 2.87. The minimum Gasteiger partial charge on any atom is -0.493 e. The molecular weight excluding hydrogens is 288 g/mol. The number of ether oxygens (including phenoxy) is 2. The Hall–Kier alpha value is -2.02. The molecule has 106 valence electrons. The van der Waals surface area contributed by atoms with E-state index in [9.17, 15) is 13.6 Å². The molecule has 0 radical (unpaired) electrons. The highest BCUT2D eigenvalue weighted by molar-refractivity contribution is 7.16. The molecule has 0 aliphatic carbocycles. The van der Waals surface area contributed by atoms with Crippen molar-refractivity contribution in [3.8, 4) is 22.1 Å². The summed E-state index contributed by atoms with van der Waals surface area (Å²) < 4.78 is 34.0. The SMILES string of the molecule is COc1ccc(-c2ncc(C(C)=O)s2)cc1OC(F)F. The predicted molar refractivity (Wildman–Crippen MR) is 70.7 cm³/mol. The zero-order valence-corrected chi connectivity index (χ0v) is 11.5. The number of Topliss-reactive ketones (excluding diaryl/α,β-unsaturated/α-hetero) is 1. The molecule has 2 rings (SSSR count). The van der Waals surface area contributed by atoms with Crippen molar-refractivity contribution < 1.29 is 23.0 Å². The maximum absolute atomic E-state index is 12.3. The summed E-state index contributed by atoms with van der Waals surface area (Å²) in [5, 5.41) is 0.553. The van der Waals surface area contributed by atoms with Crippen molar-refractivity contribution in [1.82, 2.24) is 4.98 Å². The molecule has 1 aromatic heterocycles.